The fourth-order valence-corrected chi connectivity index (χ4v) is 3.69. The monoisotopic (exact) mass is 386 g/mol. The number of ether oxygens (including phenoxy) is 1. The second-order valence-electron chi connectivity index (χ2n) is 7.07. The molecule has 0 saturated heterocycles. The summed E-state index contributed by atoms with van der Waals surface area (Å²) in [6, 6.07) is 14.0. The number of nitrogens with one attached hydrogen (secondary N) is 1. The summed E-state index contributed by atoms with van der Waals surface area (Å²) < 4.78 is 5.43. The van der Waals surface area contributed by atoms with Crippen molar-refractivity contribution in [3.63, 3.8) is 0 Å². The first-order valence-electron chi connectivity index (χ1n) is 9.70. The van der Waals surface area contributed by atoms with Gasteiger partial charge in [-0.1, -0.05) is 37.2 Å². The molecule has 0 saturated carbocycles. The molecule has 0 fully saturated rings. The zero-order valence-electron chi connectivity index (χ0n) is 16.8. The van der Waals surface area contributed by atoms with Crippen LogP contribution in [-0.2, 0) is 6.42 Å². The Morgan fingerprint density at radius 2 is 1.93 bits per heavy atom. The lowest BCUT2D eigenvalue weighted by molar-refractivity contribution is 0.203. The lowest BCUT2D eigenvalue weighted by Crippen LogP contribution is -2.35. The fraction of sp³-hybridized carbons (Fsp3) is 0.227. The van der Waals surface area contributed by atoms with Crippen molar-refractivity contribution in [2.45, 2.75) is 13.2 Å². The van der Waals surface area contributed by atoms with Crippen molar-refractivity contribution in [3.05, 3.63) is 70.8 Å². The number of hydrogen-bond donors (Lipinski definition) is 1. The van der Waals surface area contributed by atoms with Gasteiger partial charge in [0.1, 0.15) is 5.75 Å². The minimum atomic E-state index is -0.221. The Morgan fingerprint density at radius 1 is 1.17 bits per heavy atom. The third-order valence-corrected chi connectivity index (χ3v) is 5.34. The molecule has 0 unspecified atom stereocenters. The third kappa shape index (κ3) is 3.68. The van der Waals surface area contributed by atoms with Crippen LogP contribution in [0.25, 0.3) is 5.47 Å². The van der Waals surface area contributed by atoms with Gasteiger partial charge in [0.15, 0.2) is 0 Å². The highest BCUT2D eigenvalue weighted by Crippen LogP contribution is 2.27. The SMILES string of the molecule is CNC(=O)N1CCc2ccc(OC)cc2C(c2ccc(C3=CC=NB3C)cc2)=N1. The summed E-state index contributed by atoms with van der Waals surface area (Å²) in [5.74, 6) is 0.767. The molecule has 0 aliphatic carbocycles. The molecular formula is C22H23BN4O2. The van der Waals surface area contributed by atoms with Crippen molar-refractivity contribution in [1.82, 2.24) is 10.3 Å². The second-order valence-corrected chi connectivity index (χ2v) is 7.07. The van der Waals surface area contributed by atoms with Crippen molar-refractivity contribution in [1.29, 1.82) is 0 Å². The third-order valence-electron chi connectivity index (χ3n) is 5.34. The van der Waals surface area contributed by atoms with Gasteiger partial charge in [-0.3, -0.25) is 0 Å². The number of methoxy groups -OCH3 is 1. The van der Waals surface area contributed by atoms with E-state index in [9.17, 15) is 4.79 Å². The van der Waals surface area contributed by atoms with Crippen molar-refractivity contribution in [3.8, 4) is 5.75 Å². The van der Waals surface area contributed by atoms with Gasteiger partial charge in [-0.25, -0.2) is 9.80 Å². The normalized spacial score (nSPS) is 15.4. The molecule has 0 bridgehead atoms. The Morgan fingerprint density at radius 3 is 2.59 bits per heavy atom. The molecule has 2 aliphatic rings. The Bertz CT molecular complexity index is 1030. The van der Waals surface area contributed by atoms with E-state index in [1.54, 1.807) is 14.2 Å². The number of carbonyl (C=O) groups excluding carboxylic acids is 1. The number of allylic oxidation sites excluding steroid dienone is 1. The van der Waals surface area contributed by atoms with Crippen molar-refractivity contribution < 1.29 is 9.53 Å². The van der Waals surface area contributed by atoms with Gasteiger partial charge in [0.25, 0.3) is 0 Å². The number of rotatable bonds is 3. The first-order chi connectivity index (χ1) is 14.1. The van der Waals surface area contributed by atoms with Gasteiger partial charge in [-0.15, -0.1) is 0 Å². The number of nitrogens with zero attached hydrogens (tertiary/aromatic N) is 3. The summed E-state index contributed by atoms with van der Waals surface area (Å²) in [5.41, 5.74) is 6.18. The molecule has 6 nitrogen and oxygen atoms in total. The fourth-order valence-electron chi connectivity index (χ4n) is 3.69. The molecule has 0 atom stereocenters. The maximum atomic E-state index is 12.3. The van der Waals surface area contributed by atoms with Crippen molar-refractivity contribution in [2.75, 3.05) is 20.7 Å². The lowest BCUT2D eigenvalue weighted by Gasteiger charge is -2.16. The van der Waals surface area contributed by atoms with Gasteiger partial charge in [0, 0.05) is 24.4 Å². The molecule has 2 aromatic rings. The summed E-state index contributed by atoms with van der Waals surface area (Å²) in [7, 11) is 3.27. The quantitative estimate of drug-likeness (QED) is 0.823. The molecule has 29 heavy (non-hydrogen) atoms. The van der Waals surface area contributed by atoms with Crippen molar-refractivity contribution in [2.24, 2.45) is 10.0 Å². The van der Waals surface area contributed by atoms with Crippen LogP contribution in [-0.4, -0.2) is 50.5 Å². The van der Waals surface area contributed by atoms with E-state index < -0.39 is 0 Å². The minimum Gasteiger partial charge on any atom is -0.497 e. The number of hydrogen-bond acceptors (Lipinski definition) is 4. The van der Waals surface area contributed by atoms with E-state index >= 15 is 0 Å². The zero-order chi connectivity index (χ0) is 20.4. The first-order valence-corrected chi connectivity index (χ1v) is 9.70. The molecule has 1 N–H and O–H groups in total. The van der Waals surface area contributed by atoms with Crippen LogP contribution in [0, 0.1) is 0 Å². The highest BCUT2D eigenvalue weighted by molar-refractivity contribution is 6.79. The summed E-state index contributed by atoms with van der Waals surface area (Å²) in [4.78, 5) is 16.7. The Hall–Kier alpha value is -3.35. The molecule has 0 aromatic heterocycles. The van der Waals surface area contributed by atoms with E-state index in [1.807, 2.05) is 24.4 Å². The van der Waals surface area contributed by atoms with Gasteiger partial charge in [-0.2, -0.15) is 5.10 Å². The van der Waals surface area contributed by atoms with Crippen LogP contribution in [0.5, 0.6) is 5.75 Å². The Labute approximate surface area is 171 Å². The summed E-state index contributed by atoms with van der Waals surface area (Å²) >= 11 is 0. The largest absolute Gasteiger partial charge is 0.497 e. The number of benzene rings is 2. The smallest absolute Gasteiger partial charge is 0.337 e. The van der Waals surface area contributed by atoms with Gasteiger partial charge in [0.05, 0.1) is 19.4 Å². The number of urea groups is 1. The summed E-state index contributed by atoms with van der Waals surface area (Å²) in [6.07, 6.45) is 4.63. The standard InChI is InChI=1S/C22H23BN4O2/c1-23-20(10-12-25-23)16-4-6-17(7-5-16)21-19-14-18(29-3)9-8-15(19)11-13-27(26-21)22(28)24-2/h4-10,12,14H,11,13H2,1-3H3,(H,24,28). The van der Waals surface area contributed by atoms with Crippen LogP contribution < -0.4 is 10.1 Å². The highest BCUT2D eigenvalue weighted by atomic mass is 16.5. The maximum absolute atomic E-state index is 12.3. The van der Waals surface area contributed by atoms with Crippen LogP contribution in [0.15, 0.2) is 58.5 Å². The lowest BCUT2D eigenvalue weighted by atomic mass is 9.58. The maximum Gasteiger partial charge on any atom is 0.337 e. The van der Waals surface area contributed by atoms with Gasteiger partial charge >= 0.3 is 12.9 Å². The molecular weight excluding hydrogens is 363 g/mol. The summed E-state index contributed by atoms with van der Waals surface area (Å²) in [6.45, 7) is 2.77. The highest BCUT2D eigenvalue weighted by Gasteiger charge is 2.23. The molecule has 0 radical (unpaired) electrons. The van der Waals surface area contributed by atoms with Crippen LogP contribution >= 0.6 is 0 Å². The zero-order valence-corrected chi connectivity index (χ0v) is 16.8. The predicted molar refractivity (Wildman–Crippen MR) is 118 cm³/mol. The molecule has 2 aliphatic heterocycles. The number of amides is 2. The number of hydrazone groups is 1. The van der Waals surface area contributed by atoms with E-state index in [4.69, 9.17) is 9.84 Å². The molecule has 146 valence electrons. The van der Waals surface area contributed by atoms with Gasteiger partial charge in [-0.05, 0) is 41.2 Å². The van der Waals surface area contributed by atoms with Gasteiger partial charge in [0.2, 0.25) is 0 Å². The number of fused-ring (bicyclic) bond motifs is 1. The number of carbonyl (C=O) groups is 1. The molecule has 2 heterocycles. The van der Waals surface area contributed by atoms with Crippen LogP contribution in [0.4, 0.5) is 4.79 Å². The Balaban J connectivity index is 1.78. The molecule has 2 aromatic carbocycles. The average Bonchev–Trinajstić information content (AvgIpc) is 3.09. The first kappa shape index (κ1) is 19.0. The van der Waals surface area contributed by atoms with E-state index in [0.29, 0.717) is 6.54 Å². The molecule has 4 rings (SSSR count). The van der Waals surface area contributed by atoms with Gasteiger partial charge < -0.3 is 15.0 Å². The van der Waals surface area contributed by atoms with Crippen molar-refractivity contribution >= 4 is 30.3 Å². The second kappa shape index (κ2) is 7.95. The van der Waals surface area contributed by atoms with E-state index in [0.717, 1.165) is 40.1 Å². The van der Waals surface area contributed by atoms with Crippen LogP contribution in [0.1, 0.15) is 22.3 Å². The van der Waals surface area contributed by atoms with E-state index in [-0.39, 0.29) is 12.9 Å². The van der Waals surface area contributed by atoms with E-state index in [2.05, 4.69) is 47.4 Å². The predicted octanol–water partition coefficient (Wildman–Crippen LogP) is 3.27. The van der Waals surface area contributed by atoms with Crippen LogP contribution in [0.3, 0.4) is 0 Å². The molecule has 0 spiro atoms. The topological polar surface area (TPSA) is 66.3 Å². The minimum absolute atomic E-state index is 0.171. The Kier molecular flexibility index (Phi) is 5.21. The average molecular weight is 386 g/mol. The van der Waals surface area contributed by atoms with E-state index in [1.165, 1.54) is 10.5 Å². The molecule has 7 heteroatoms. The summed E-state index contributed by atoms with van der Waals surface area (Å²) in [5, 5.41) is 8.88. The molecule has 2 amide bonds. The van der Waals surface area contributed by atoms with Crippen LogP contribution in [0.2, 0.25) is 6.82 Å².